The fraction of sp³-hybridized carbons (Fsp3) is 0.800. The van der Waals surface area contributed by atoms with E-state index in [1.54, 1.807) is 14.1 Å². The Balaban J connectivity index is 4.52. The molecule has 6 nitrogen and oxygen atoms in total. The standard InChI is InChI=1S/C10H19NO5/c1-7(12)15-9(16-8(2)13)6-10(3,14)11(4)5/h9,14H,6H2,1-5H3. The second kappa shape index (κ2) is 5.81. The molecule has 1 N–H and O–H groups in total. The normalized spacial score (nSPS) is 14.8. The van der Waals surface area contributed by atoms with E-state index in [2.05, 4.69) is 0 Å². The molecule has 94 valence electrons. The van der Waals surface area contributed by atoms with Crippen LogP contribution >= 0.6 is 0 Å². The summed E-state index contributed by atoms with van der Waals surface area (Å²) in [6.07, 6.45) is -1.09. The molecule has 0 radical (unpaired) electrons. The van der Waals surface area contributed by atoms with E-state index in [-0.39, 0.29) is 6.42 Å². The largest absolute Gasteiger partial charge is 0.425 e. The van der Waals surface area contributed by atoms with Crippen LogP contribution in [0.4, 0.5) is 0 Å². The molecule has 0 bridgehead atoms. The summed E-state index contributed by atoms with van der Waals surface area (Å²) in [7, 11) is 3.33. The third-order valence-corrected chi connectivity index (χ3v) is 2.11. The molecule has 0 aliphatic heterocycles. The van der Waals surface area contributed by atoms with Gasteiger partial charge in [-0.25, -0.2) is 0 Å². The predicted molar refractivity (Wildman–Crippen MR) is 56.2 cm³/mol. The number of rotatable bonds is 5. The monoisotopic (exact) mass is 233 g/mol. The van der Waals surface area contributed by atoms with Gasteiger partial charge in [-0.05, 0) is 21.0 Å². The van der Waals surface area contributed by atoms with Crippen LogP contribution in [-0.2, 0) is 19.1 Å². The molecule has 0 saturated heterocycles. The van der Waals surface area contributed by atoms with Crippen LogP contribution in [0.25, 0.3) is 0 Å². The number of hydrogen-bond acceptors (Lipinski definition) is 6. The van der Waals surface area contributed by atoms with Crippen LogP contribution in [0.15, 0.2) is 0 Å². The minimum atomic E-state index is -1.23. The van der Waals surface area contributed by atoms with Gasteiger partial charge in [0.05, 0.1) is 6.42 Å². The Morgan fingerprint density at radius 2 is 1.62 bits per heavy atom. The predicted octanol–water partition coefficient (Wildman–Crippen LogP) is 0.0989. The van der Waals surface area contributed by atoms with Crippen LogP contribution in [0.1, 0.15) is 27.2 Å². The molecule has 0 amide bonds. The van der Waals surface area contributed by atoms with E-state index in [4.69, 9.17) is 9.47 Å². The van der Waals surface area contributed by atoms with Crippen molar-refractivity contribution in [2.24, 2.45) is 0 Å². The van der Waals surface area contributed by atoms with Gasteiger partial charge in [-0.3, -0.25) is 14.5 Å². The van der Waals surface area contributed by atoms with E-state index in [0.29, 0.717) is 0 Å². The molecule has 6 heteroatoms. The van der Waals surface area contributed by atoms with Gasteiger partial charge in [0.1, 0.15) is 5.72 Å². The smallest absolute Gasteiger partial charge is 0.305 e. The van der Waals surface area contributed by atoms with Crippen LogP contribution in [0, 0.1) is 0 Å². The zero-order chi connectivity index (χ0) is 12.9. The lowest BCUT2D eigenvalue weighted by Crippen LogP contribution is -2.45. The molecule has 0 aliphatic rings. The fourth-order valence-corrected chi connectivity index (χ4v) is 0.976. The quantitative estimate of drug-likeness (QED) is 0.536. The van der Waals surface area contributed by atoms with Gasteiger partial charge in [0.15, 0.2) is 0 Å². The average Bonchev–Trinajstić information content (AvgIpc) is 1.99. The summed E-state index contributed by atoms with van der Waals surface area (Å²) in [6.45, 7) is 3.95. The van der Waals surface area contributed by atoms with E-state index in [0.717, 1.165) is 0 Å². The second-order valence-corrected chi connectivity index (χ2v) is 3.96. The van der Waals surface area contributed by atoms with Crippen molar-refractivity contribution in [2.45, 2.75) is 39.2 Å². The van der Waals surface area contributed by atoms with Crippen molar-refractivity contribution in [2.75, 3.05) is 14.1 Å². The Labute approximate surface area is 95.1 Å². The van der Waals surface area contributed by atoms with E-state index in [1.165, 1.54) is 25.7 Å². The first-order chi connectivity index (χ1) is 7.15. The van der Waals surface area contributed by atoms with Gasteiger partial charge >= 0.3 is 11.9 Å². The molecule has 0 saturated carbocycles. The molecule has 0 heterocycles. The van der Waals surface area contributed by atoms with Gasteiger partial charge < -0.3 is 14.6 Å². The summed E-state index contributed by atoms with van der Waals surface area (Å²) in [6, 6.07) is 0. The Morgan fingerprint density at radius 3 is 1.88 bits per heavy atom. The number of nitrogens with zero attached hydrogens (tertiary/aromatic N) is 1. The highest BCUT2D eigenvalue weighted by molar-refractivity contribution is 5.68. The van der Waals surface area contributed by atoms with Gasteiger partial charge in [0, 0.05) is 13.8 Å². The molecule has 16 heavy (non-hydrogen) atoms. The molecule has 0 spiro atoms. The third-order valence-electron chi connectivity index (χ3n) is 2.11. The summed E-state index contributed by atoms with van der Waals surface area (Å²) < 4.78 is 9.56. The van der Waals surface area contributed by atoms with Crippen molar-refractivity contribution < 1.29 is 24.2 Å². The Bertz CT molecular complexity index is 246. The van der Waals surface area contributed by atoms with E-state index < -0.39 is 24.0 Å². The molecule has 1 atom stereocenters. The van der Waals surface area contributed by atoms with Gasteiger partial charge in [-0.15, -0.1) is 0 Å². The molecule has 1 unspecified atom stereocenters. The lowest BCUT2D eigenvalue weighted by molar-refractivity contribution is -0.202. The molecule has 0 aromatic rings. The lowest BCUT2D eigenvalue weighted by atomic mass is 10.1. The minimum Gasteiger partial charge on any atom is -0.425 e. The highest BCUT2D eigenvalue weighted by atomic mass is 16.7. The molecule has 0 aliphatic carbocycles. The highest BCUT2D eigenvalue weighted by Crippen LogP contribution is 2.17. The number of hydrogen-bond donors (Lipinski definition) is 1. The average molecular weight is 233 g/mol. The van der Waals surface area contributed by atoms with E-state index >= 15 is 0 Å². The van der Waals surface area contributed by atoms with Gasteiger partial charge in [-0.2, -0.15) is 0 Å². The van der Waals surface area contributed by atoms with Crippen molar-refractivity contribution in [1.29, 1.82) is 0 Å². The summed E-state index contributed by atoms with van der Waals surface area (Å²) in [5.41, 5.74) is -1.23. The van der Waals surface area contributed by atoms with E-state index in [1.807, 2.05) is 0 Å². The maximum absolute atomic E-state index is 10.8. The molecule has 0 aromatic heterocycles. The Kier molecular flexibility index (Phi) is 5.40. The van der Waals surface area contributed by atoms with Gasteiger partial charge in [0.25, 0.3) is 6.29 Å². The number of esters is 2. The number of carbonyl (C=O) groups is 2. The summed E-state index contributed by atoms with van der Waals surface area (Å²) in [5.74, 6) is -1.14. The molecular weight excluding hydrogens is 214 g/mol. The minimum absolute atomic E-state index is 0.0147. The maximum Gasteiger partial charge on any atom is 0.305 e. The van der Waals surface area contributed by atoms with Crippen LogP contribution in [0.3, 0.4) is 0 Å². The fourth-order valence-electron chi connectivity index (χ4n) is 0.976. The summed E-state index contributed by atoms with van der Waals surface area (Å²) >= 11 is 0. The molecule has 0 aromatic carbocycles. The first kappa shape index (κ1) is 14.9. The summed E-state index contributed by atoms with van der Waals surface area (Å²) in [5, 5.41) is 9.93. The summed E-state index contributed by atoms with van der Waals surface area (Å²) in [4.78, 5) is 23.1. The number of aliphatic hydroxyl groups is 1. The van der Waals surface area contributed by atoms with E-state index in [9.17, 15) is 14.7 Å². The number of carbonyl (C=O) groups excluding carboxylic acids is 2. The first-order valence-electron chi connectivity index (χ1n) is 4.89. The molecular formula is C10H19NO5. The highest BCUT2D eigenvalue weighted by Gasteiger charge is 2.31. The Morgan fingerprint density at radius 1 is 1.25 bits per heavy atom. The van der Waals surface area contributed by atoms with Crippen LogP contribution in [0.2, 0.25) is 0 Å². The van der Waals surface area contributed by atoms with Gasteiger partial charge in [0.2, 0.25) is 0 Å². The van der Waals surface area contributed by atoms with Crippen LogP contribution in [-0.4, -0.2) is 48.1 Å². The first-order valence-corrected chi connectivity index (χ1v) is 4.89. The maximum atomic E-state index is 10.8. The van der Waals surface area contributed by atoms with Crippen molar-refractivity contribution in [1.82, 2.24) is 4.90 Å². The molecule has 0 fully saturated rings. The van der Waals surface area contributed by atoms with Crippen molar-refractivity contribution in [3.8, 4) is 0 Å². The SMILES string of the molecule is CC(=O)OC(CC(C)(O)N(C)C)OC(C)=O. The molecule has 0 rings (SSSR count). The van der Waals surface area contributed by atoms with Crippen LogP contribution in [0.5, 0.6) is 0 Å². The number of ether oxygens (including phenoxy) is 2. The zero-order valence-electron chi connectivity index (χ0n) is 10.3. The topological polar surface area (TPSA) is 76.1 Å². The van der Waals surface area contributed by atoms with Crippen LogP contribution < -0.4 is 0 Å². The van der Waals surface area contributed by atoms with Crippen molar-refractivity contribution in [3.63, 3.8) is 0 Å². The van der Waals surface area contributed by atoms with Crippen molar-refractivity contribution >= 4 is 11.9 Å². The lowest BCUT2D eigenvalue weighted by Gasteiger charge is -2.33. The zero-order valence-corrected chi connectivity index (χ0v) is 10.3. The second-order valence-electron chi connectivity index (χ2n) is 3.96. The van der Waals surface area contributed by atoms with Crippen molar-refractivity contribution in [3.05, 3.63) is 0 Å². The van der Waals surface area contributed by atoms with Gasteiger partial charge in [-0.1, -0.05) is 0 Å². The Hall–Kier alpha value is -1.14. The third kappa shape index (κ3) is 5.67.